The van der Waals surface area contributed by atoms with Crippen molar-refractivity contribution in [2.75, 3.05) is 0 Å². The molecular formula is C23H32N4O11. The number of nitrogens with one attached hydrogen (secondary N) is 3. The minimum Gasteiger partial charge on any atom is -0.508 e. The van der Waals surface area contributed by atoms with E-state index in [0.717, 1.165) is 6.92 Å². The fourth-order valence-corrected chi connectivity index (χ4v) is 3.24. The van der Waals surface area contributed by atoms with Crippen LogP contribution in [-0.4, -0.2) is 91.4 Å². The van der Waals surface area contributed by atoms with Crippen molar-refractivity contribution < 1.29 is 54.3 Å². The molecule has 0 spiro atoms. The number of nitrogens with two attached hydrogens (primary N) is 1. The predicted octanol–water partition coefficient (Wildman–Crippen LogP) is -2.09. The van der Waals surface area contributed by atoms with Crippen molar-refractivity contribution in [2.45, 2.75) is 69.3 Å². The Hall–Kier alpha value is -4.24. The summed E-state index contributed by atoms with van der Waals surface area (Å²) in [6, 6.07) is -0.154. The number of carbonyl (C=O) groups excluding carboxylic acids is 3. The number of carboxylic acid groups (broad SMARTS) is 3. The van der Waals surface area contributed by atoms with Crippen LogP contribution in [-0.2, 0) is 35.2 Å². The molecule has 0 saturated heterocycles. The van der Waals surface area contributed by atoms with Gasteiger partial charge < -0.3 is 47.2 Å². The summed E-state index contributed by atoms with van der Waals surface area (Å²) in [7, 11) is 0. The topological polar surface area (TPSA) is 266 Å². The SMILES string of the molecule is CC(O)C(NC(=O)C(CCC(=O)O)NC(=O)C(N)Cc1ccc(O)cc1)C(=O)NC(CCC(=O)O)C(=O)O. The van der Waals surface area contributed by atoms with Crippen molar-refractivity contribution in [2.24, 2.45) is 5.73 Å². The molecule has 10 N–H and O–H groups in total. The highest BCUT2D eigenvalue weighted by molar-refractivity contribution is 5.94. The number of phenols is 1. The van der Waals surface area contributed by atoms with Crippen LogP contribution in [0.1, 0.15) is 38.2 Å². The highest BCUT2D eigenvalue weighted by atomic mass is 16.4. The third kappa shape index (κ3) is 11.2. The van der Waals surface area contributed by atoms with Crippen LogP contribution in [0.4, 0.5) is 0 Å². The smallest absolute Gasteiger partial charge is 0.326 e. The molecule has 0 aliphatic rings. The maximum atomic E-state index is 12.9. The first-order valence-corrected chi connectivity index (χ1v) is 11.5. The van der Waals surface area contributed by atoms with Gasteiger partial charge in [-0.2, -0.15) is 0 Å². The van der Waals surface area contributed by atoms with Crippen molar-refractivity contribution in [3.8, 4) is 5.75 Å². The molecule has 3 amide bonds. The van der Waals surface area contributed by atoms with Crippen molar-refractivity contribution in [3.05, 3.63) is 29.8 Å². The molecule has 0 saturated carbocycles. The van der Waals surface area contributed by atoms with Gasteiger partial charge in [0.05, 0.1) is 12.1 Å². The zero-order chi connectivity index (χ0) is 29.0. The number of rotatable bonds is 16. The van der Waals surface area contributed by atoms with Crippen molar-refractivity contribution in [1.29, 1.82) is 0 Å². The third-order valence-electron chi connectivity index (χ3n) is 5.33. The van der Waals surface area contributed by atoms with E-state index in [4.69, 9.17) is 15.9 Å². The number of amides is 3. The van der Waals surface area contributed by atoms with Crippen LogP contribution in [0, 0.1) is 0 Å². The number of phenolic OH excluding ortho intramolecular Hbond substituents is 1. The summed E-state index contributed by atoms with van der Waals surface area (Å²) in [6.45, 7) is 1.12. The van der Waals surface area contributed by atoms with Crippen molar-refractivity contribution in [1.82, 2.24) is 16.0 Å². The molecule has 0 radical (unpaired) electrons. The first-order valence-electron chi connectivity index (χ1n) is 11.5. The maximum absolute atomic E-state index is 12.9. The van der Waals surface area contributed by atoms with E-state index in [9.17, 15) is 44.1 Å². The summed E-state index contributed by atoms with van der Waals surface area (Å²) in [5.74, 6) is -7.12. The van der Waals surface area contributed by atoms with Crippen LogP contribution in [0.2, 0.25) is 0 Å². The number of aliphatic carboxylic acids is 3. The molecule has 0 aliphatic carbocycles. The molecule has 15 heteroatoms. The normalized spacial score (nSPS) is 14.7. The lowest BCUT2D eigenvalue weighted by molar-refractivity contribution is -0.144. The van der Waals surface area contributed by atoms with Crippen LogP contribution >= 0.6 is 0 Å². The van der Waals surface area contributed by atoms with E-state index in [0.29, 0.717) is 5.56 Å². The first kappa shape index (κ1) is 31.8. The first-order chi connectivity index (χ1) is 17.7. The zero-order valence-electron chi connectivity index (χ0n) is 20.5. The van der Waals surface area contributed by atoms with Gasteiger partial charge >= 0.3 is 17.9 Å². The van der Waals surface area contributed by atoms with Gasteiger partial charge in [-0.25, -0.2) is 4.79 Å². The van der Waals surface area contributed by atoms with E-state index in [1.807, 2.05) is 5.32 Å². The van der Waals surface area contributed by atoms with E-state index < -0.39 is 91.6 Å². The molecule has 0 fully saturated rings. The number of aliphatic hydroxyl groups is 1. The monoisotopic (exact) mass is 540 g/mol. The molecule has 0 heterocycles. The Morgan fingerprint density at radius 3 is 1.76 bits per heavy atom. The number of aliphatic hydroxyl groups excluding tert-OH is 1. The summed E-state index contributed by atoms with van der Waals surface area (Å²) < 4.78 is 0. The van der Waals surface area contributed by atoms with E-state index in [2.05, 4.69) is 10.6 Å². The molecule has 1 aromatic carbocycles. The van der Waals surface area contributed by atoms with Gasteiger partial charge in [0, 0.05) is 12.8 Å². The van der Waals surface area contributed by atoms with Gasteiger partial charge in [-0.1, -0.05) is 12.1 Å². The van der Waals surface area contributed by atoms with E-state index in [1.165, 1.54) is 24.3 Å². The summed E-state index contributed by atoms with van der Waals surface area (Å²) in [4.78, 5) is 71.3. The van der Waals surface area contributed by atoms with Gasteiger partial charge in [0.2, 0.25) is 17.7 Å². The summed E-state index contributed by atoms with van der Waals surface area (Å²) in [6.07, 6.45) is -3.52. The lowest BCUT2D eigenvalue weighted by Crippen LogP contribution is -2.60. The average molecular weight is 541 g/mol. The number of benzene rings is 1. The van der Waals surface area contributed by atoms with Gasteiger partial charge in [0.15, 0.2) is 0 Å². The van der Waals surface area contributed by atoms with Gasteiger partial charge in [-0.05, 0) is 43.9 Å². The number of aromatic hydroxyl groups is 1. The standard InChI is InChI=1S/C23H32N4O11/c1-11(28)19(22(36)26-16(23(37)38)7-9-18(32)33)27-21(35)15(6-8-17(30)31)25-20(34)14(24)10-12-2-4-13(29)5-3-12/h2-5,11,14-16,19,28-29H,6-10,24H2,1H3,(H,25,34)(H,26,36)(H,27,35)(H,30,31)(H,32,33)(H,37,38). The van der Waals surface area contributed by atoms with Crippen LogP contribution in [0.5, 0.6) is 5.75 Å². The second-order valence-corrected chi connectivity index (χ2v) is 8.53. The van der Waals surface area contributed by atoms with Gasteiger partial charge in [0.1, 0.15) is 23.9 Å². The Bertz CT molecular complexity index is 1010. The quantitative estimate of drug-likeness (QED) is 0.109. The Balaban J connectivity index is 2.96. The Labute approximate surface area is 217 Å². The summed E-state index contributed by atoms with van der Waals surface area (Å²) in [5, 5.41) is 52.9. The summed E-state index contributed by atoms with van der Waals surface area (Å²) >= 11 is 0. The van der Waals surface area contributed by atoms with Crippen molar-refractivity contribution >= 4 is 35.6 Å². The molecule has 0 bridgehead atoms. The number of hydrogen-bond donors (Lipinski definition) is 9. The molecular weight excluding hydrogens is 508 g/mol. The fraction of sp³-hybridized carbons (Fsp3) is 0.478. The number of carbonyl (C=O) groups is 6. The maximum Gasteiger partial charge on any atom is 0.326 e. The Kier molecular flexibility index (Phi) is 12.6. The van der Waals surface area contributed by atoms with Gasteiger partial charge in [0.25, 0.3) is 0 Å². The molecule has 5 unspecified atom stereocenters. The molecule has 210 valence electrons. The van der Waals surface area contributed by atoms with E-state index in [-0.39, 0.29) is 12.2 Å². The molecule has 15 nitrogen and oxygen atoms in total. The number of carboxylic acids is 3. The van der Waals surface area contributed by atoms with Crippen molar-refractivity contribution in [3.63, 3.8) is 0 Å². The molecule has 38 heavy (non-hydrogen) atoms. The lowest BCUT2D eigenvalue weighted by Gasteiger charge is -2.26. The highest BCUT2D eigenvalue weighted by Gasteiger charge is 2.33. The van der Waals surface area contributed by atoms with Crippen LogP contribution in [0.15, 0.2) is 24.3 Å². The van der Waals surface area contributed by atoms with Crippen LogP contribution in [0.25, 0.3) is 0 Å². The average Bonchev–Trinajstić information content (AvgIpc) is 2.82. The lowest BCUT2D eigenvalue weighted by atomic mass is 10.0. The molecule has 1 aromatic rings. The van der Waals surface area contributed by atoms with Crippen LogP contribution in [0.3, 0.4) is 0 Å². The van der Waals surface area contributed by atoms with Crippen LogP contribution < -0.4 is 21.7 Å². The van der Waals surface area contributed by atoms with E-state index in [1.54, 1.807) is 0 Å². The zero-order valence-corrected chi connectivity index (χ0v) is 20.5. The predicted molar refractivity (Wildman–Crippen MR) is 129 cm³/mol. The minimum absolute atomic E-state index is 0.00504. The Morgan fingerprint density at radius 2 is 1.29 bits per heavy atom. The highest BCUT2D eigenvalue weighted by Crippen LogP contribution is 2.11. The van der Waals surface area contributed by atoms with E-state index >= 15 is 0 Å². The minimum atomic E-state index is -1.72. The van der Waals surface area contributed by atoms with Gasteiger partial charge in [-0.15, -0.1) is 0 Å². The number of hydrogen-bond acceptors (Lipinski definition) is 9. The Morgan fingerprint density at radius 1 is 0.789 bits per heavy atom. The second-order valence-electron chi connectivity index (χ2n) is 8.53. The fourth-order valence-electron chi connectivity index (χ4n) is 3.24. The van der Waals surface area contributed by atoms with Gasteiger partial charge in [-0.3, -0.25) is 24.0 Å². The molecule has 5 atom stereocenters. The molecule has 1 rings (SSSR count). The third-order valence-corrected chi connectivity index (χ3v) is 5.33. The largest absolute Gasteiger partial charge is 0.508 e. The molecule has 0 aliphatic heterocycles. The molecule has 0 aromatic heterocycles. The summed E-state index contributed by atoms with van der Waals surface area (Å²) in [5.41, 5.74) is 6.49. The second kappa shape index (κ2) is 15.1.